The van der Waals surface area contributed by atoms with E-state index in [0.29, 0.717) is 19.0 Å². The lowest BCUT2D eigenvalue weighted by Crippen LogP contribution is -2.55. The van der Waals surface area contributed by atoms with Gasteiger partial charge in [0.1, 0.15) is 12.7 Å². The number of nitrogens with one attached hydrogen (secondary N) is 1. The minimum absolute atomic E-state index is 0.00191. The summed E-state index contributed by atoms with van der Waals surface area (Å²) in [5, 5.41) is 3.11. The number of carbonyl (C=O) groups excluding carboxylic acids is 2. The van der Waals surface area contributed by atoms with Gasteiger partial charge in [-0.05, 0) is 67.6 Å². The third-order valence-electron chi connectivity index (χ3n) is 7.64. The molecule has 6 nitrogen and oxygen atoms in total. The van der Waals surface area contributed by atoms with Crippen molar-refractivity contribution < 1.29 is 14.3 Å². The van der Waals surface area contributed by atoms with E-state index in [9.17, 15) is 9.59 Å². The minimum atomic E-state index is -0.0362. The predicted octanol–water partition coefficient (Wildman–Crippen LogP) is 4.32. The Hall–Kier alpha value is -2.74. The first-order valence-corrected chi connectivity index (χ1v) is 14.0. The van der Waals surface area contributed by atoms with Crippen LogP contribution in [0.1, 0.15) is 40.2 Å². The summed E-state index contributed by atoms with van der Waals surface area (Å²) in [4.78, 5) is 30.0. The highest BCUT2D eigenvalue weighted by Crippen LogP contribution is 2.30. The number of halogens is 1. The van der Waals surface area contributed by atoms with Crippen molar-refractivity contribution in [3.05, 3.63) is 94.0 Å². The normalized spacial score (nSPS) is 22.2. The van der Waals surface area contributed by atoms with Gasteiger partial charge in [-0.1, -0.05) is 70.6 Å². The van der Waals surface area contributed by atoms with E-state index in [1.807, 2.05) is 53.5 Å². The second kappa shape index (κ2) is 12.2. The number of morpholine rings is 1. The van der Waals surface area contributed by atoms with E-state index in [2.05, 4.69) is 50.4 Å². The minimum Gasteiger partial charge on any atom is -0.362 e. The van der Waals surface area contributed by atoms with Crippen molar-refractivity contribution in [3.8, 4) is 0 Å². The van der Waals surface area contributed by atoms with E-state index in [1.165, 1.54) is 5.56 Å². The lowest BCUT2D eigenvalue weighted by Gasteiger charge is -2.41. The second-order valence-corrected chi connectivity index (χ2v) is 10.9. The Bertz CT molecular complexity index is 1150. The van der Waals surface area contributed by atoms with Gasteiger partial charge in [0.05, 0.1) is 6.04 Å². The first-order valence-electron chi connectivity index (χ1n) is 13.2. The van der Waals surface area contributed by atoms with Crippen LogP contribution in [0.5, 0.6) is 0 Å². The number of benzene rings is 2. The maximum absolute atomic E-state index is 13.1. The Balaban J connectivity index is 1.12. The quantitative estimate of drug-likeness (QED) is 0.519. The Morgan fingerprint density at radius 2 is 1.76 bits per heavy atom. The number of piperidine rings is 1. The highest BCUT2D eigenvalue weighted by atomic mass is 79.9. The number of likely N-dealkylation sites (tertiary alicyclic amines) is 1. The van der Waals surface area contributed by atoms with Crippen LogP contribution in [0.2, 0.25) is 0 Å². The van der Waals surface area contributed by atoms with Crippen molar-refractivity contribution in [2.24, 2.45) is 0 Å². The Morgan fingerprint density at radius 3 is 2.57 bits per heavy atom. The SMILES string of the molecule is O=C(NCCc1ccc(Br)cc1)c1ccccc1C1CCN(CCN2C(=O)COC3C=CC=CC32)CC1. The second-order valence-electron chi connectivity index (χ2n) is 9.96. The first-order chi connectivity index (χ1) is 18.1. The standard InChI is InChI=1S/C30H34BrN3O3/c31-24-11-9-22(10-12-24)13-16-32-30(36)26-6-2-1-5-25(26)23-14-17-33(18-15-23)19-20-34-27-7-3-4-8-28(27)37-21-29(34)35/h1-12,23,27-28H,13-21H2,(H,32,36). The van der Waals surface area contributed by atoms with E-state index < -0.39 is 0 Å². The molecule has 2 fully saturated rings. The maximum Gasteiger partial charge on any atom is 0.251 e. The molecule has 2 saturated heterocycles. The molecule has 2 atom stereocenters. The summed E-state index contributed by atoms with van der Waals surface area (Å²) < 4.78 is 6.74. The first kappa shape index (κ1) is 25.9. The van der Waals surface area contributed by atoms with Crippen LogP contribution in [0.25, 0.3) is 0 Å². The molecule has 3 aliphatic rings. The number of hydrogen-bond donors (Lipinski definition) is 1. The van der Waals surface area contributed by atoms with Crippen molar-refractivity contribution >= 4 is 27.7 Å². The molecular formula is C30H34BrN3O3. The smallest absolute Gasteiger partial charge is 0.251 e. The monoisotopic (exact) mass is 563 g/mol. The molecular weight excluding hydrogens is 530 g/mol. The zero-order chi connectivity index (χ0) is 25.6. The zero-order valence-corrected chi connectivity index (χ0v) is 22.6. The van der Waals surface area contributed by atoms with Crippen molar-refractivity contribution in [3.63, 3.8) is 0 Å². The lowest BCUT2D eigenvalue weighted by atomic mass is 9.86. The number of carbonyl (C=O) groups is 2. The van der Waals surface area contributed by atoms with Gasteiger partial charge < -0.3 is 19.9 Å². The summed E-state index contributed by atoms with van der Waals surface area (Å²) in [6.07, 6.45) is 10.9. The van der Waals surface area contributed by atoms with Gasteiger partial charge in [-0.15, -0.1) is 0 Å². The number of hydrogen-bond acceptors (Lipinski definition) is 4. The van der Waals surface area contributed by atoms with Crippen LogP contribution in [-0.2, 0) is 16.0 Å². The lowest BCUT2D eigenvalue weighted by molar-refractivity contribution is -0.150. The maximum atomic E-state index is 13.1. The molecule has 2 aromatic rings. The molecule has 194 valence electrons. The third-order valence-corrected chi connectivity index (χ3v) is 8.17. The molecule has 1 aliphatic carbocycles. The average molecular weight is 565 g/mol. The number of ether oxygens (including phenoxy) is 1. The molecule has 0 bridgehead atoms. The van der Waals surface area contributed by atoms with Crippen molar-refractivity contribution in [2.75, 3.05) is 39.3 Å². The van der Waals surface area contributed by atoms with Gasteiger partial charge in [0.25, 0.3) is 5.91 Å². The molecule has 2 aliphatic heterocycles. The summed E-state index contributed by atoms with van der Waals surface area (Å²) in [6.45, 7) is 4.27. The van der Waals surface area contributed by atoms with Crippen LogP contribution in [0.4, 0.5) is 0 Å². The molecule has 1 N–H and O–H groups in total. The summed E-state index contributed by atoms with van der Waals surface area (Å²) in [6, 6.07) is 16.2. The molecule has 2 unspecified atom stereocenters. The number of nitrogens with zero attached hydrogens (tertiary/aromatic N) is 2. The molecule has 5 rings (SSSR count). The molecule has 2 aromatic carbocycles. The average Bonchev–Trinajstić information content (AvgIpc) is 2.94. The van der Waals surface area contributed by atoms with Crippen molar-refractivity contribution in [2.45, 2.75) is 37.3 Å². The largest absolute Gasteiger partial charge is 0.362 e. The fraction of sp³-hybridized carbons (Fsp3) is 0.400. The van der Waals surface area contributed by atoms with Crippen LogP contribution >= 0.6 is 15.9 Å². The molecule has 7 heteroatoms. The van der Waals surface area contributed by atoms with Gasteiger partial charge in [0.15, 0.2) is 0 Å². The predicted molar refractivity (Wildman–Crippen MR) is 149 cm³/mol. The Morgan fingerprint density at radius 1 is 1.00 bits per heavy atom. The summed E-state index contributed by atoms with van der Waals surface area (Å²) in [5.41, 5.74) is 3.14. The highest BCUT2D eigenvalue weighted by molar-refractivity contribution is 9.10. The van der Waals surface area contributed by atoms with Gasteiger partial charge in [0, 0.05) is 29.7 Å². The van der Waals surface area contributed by atoms with E-state index in [4.69, 9.17) is 4.74 Å². The number of fused-ring (bicyclic) bond motifs is 1. The van der Waals surface area contributed by atoms with E-state index in [0.717, 1.165) is 54.5 Å². The Labute approximate surface area is 227 Å². The summed E-state index contributed by atoms with van der Waals surface area (Å²) >= 11 is 3.46. The Kier molecular flexibility index (Phi) is 8.54. The molecule has 2 heterocycles. The summed E-state index contributed by atoms with van der Waals surface area (Å²) in [7, 11) is 0. The van der Waals surface area contributed by atoms with E-state index in [1.54, 1.807) is 0 Å². The van der Waals surface area contributed by atoms with Crippen LogP contribution < -0.4 is 5.32 Å². The van der Waals surface area contributed by atoms with Gasteiger partial charge >= 0.3 is 0 Å². The van der Waals surface area contributed by atoms with Gasteiger partial charge in [-0.3, -0.25) is 9.59 Å². The van der Waals surface area contributed by atoms with Gasteiger partial charge in [0.2, 0.25) is 5.91 Å². The molecule has 0 aromatic heterocycles. The molecule has 0 radical (unpaired) electrons. The van der Waals surface area contributed by atoms with Crippen molar-refractivity contribution in [1.29, 1.82) is 0 Å². The number of amides is 2. The molecule has 0 saturated carbocycles. The van der Waals surface area contributed by atoms with E-state index >= 15 is 0 Å². The molecule has 0 spiro atoms. The third kappa shape index (κ3) is 6.40. The topological polar surface area (TPSA) is 61.9 Å². The highest BCUT2D eigenvalue weighted by Gasteiger charge is 2.35. The number of allylic oxidation sites excluding steroid dienone is 2. The van der Waals surface area contributed by atoms with E-state index in [-0.39, 0.29) is 30.6 Å². The van der Waals surface area contributed by atoms with Gasteiger partial charge in [-0.25, -0.2) is 0 Å². The van der Waals surface area contributed by atoms with Crippen LogP contribution in [-0.4, -0.2) is 73.1 Å². The molecule has 37 heavy (non-hydrogen) atoms. The van der Waals surface area contributed by atoms with Crippen LogP contribution in [0.15, 0.2) is 77.3 Å². The fourth-order valence-electron chi connectivity index (χ4n) is 5.54. The number of rotatable bonds is 8. The van der Waals surface area contributed by atoms with Crippen LogP contribution in [0, 0.1) is 0 Å². The van der Waals surface area contributed by atoms with Gasteiger partial charge in [-0.2, -0.15) is 0 Å². The fourth-order valence-corrected chi connectivity index (χ4v) is 5.81. The zero-order valence-electron chi connectivity index (χ0n) is 21.0. The molecule has 2 amide bonds. The summed E-state index contributed by atoms with van der Waals surface area (Å²) in [5.74, 6) is 0.437. The van der Waals surface area contributed by atoms with Crippen LogP contribution in [0.3, 0.4) is 0 Å². The van der Waals surface area contributed by atoms with Crippen molar-refractivity contribution in [1.82, 2.24) is 15.1 Å².